The summed E-state index contributed by atoms with van der Waals surface area (Å²) >= 11 is 0. The minimum atomic E-state index is -0.685. The predicted octanol–water partition coefficient (Wildman–Crippen LogP) is 0.102. The Balaban J connectivity index is 2.93. The van der Waals surface area contributed by atoms with Crippen molar-refractivity contribution in [3.63, 3.8) is 0 Å². The molecule has 0 aliphatic carbocycles. The van der Waals surface area contributed by atoms with Gasteiger partial charge in [0.15, 0.2) is 6.39 Å². The zero-order valence-electron chi connectivity index (χ0n) is 5.29. The number of aromatic nitrogens is 1. The van der Waals surface area contributed by atoms with Crippen LogP contribution in [0.3, 0.4) is 0 Å². The third kappa shape index (κ3) is 0.985. The SMILES string of the molecule is Cc1ncoc1C(=O)NO. The molecule has 0 atom stereocenters. The van der Waals surface area contributed by atoms with E-state index in [1.165, 1.54) is 5.48 Å². The number of amides is 1. The molecule has 5 nitrogen and oxygen atoms in total. The molecule has 0 unspecified atom stereocenters. The summed E-state index contributed by atoms with van der Waals surface area (Å²) in [6.45, 7) is 1.61. The highest BCUT2D eigenvalue weighted by atomic mass is 16.5. The van der Waals surface area contributed by atoms with E-state index in [9.17, 15) is 4.79 Å². The summed E-state index contributed by atoms with van der Waals surface area (Å²) in [5.41, 5.74) is 1.89. The van der Waals surface area contributed by atoms with Crippen LogP contribution in [0.1, 0.15) is 16.2 Å². The van der Waals surface area contributed by atoms with Crippen molar-refractivity contribution in [2.24, 2.45) is 0 Å². The van der Waals surface area contributed by atoms with Gasteiger partial charge in [-0.15, -0.1) is 0 Å². The lowest BCUT2D eigenvalue weighted by Gasteiger charge is -1.91. The number of carbonyl (C=O) groups is 1. The molecule has 2 N–H and O–H groups in total. The summed E-state index contributed by atoms with van der Waals surface area (Å²) in [5, 5.41) is 8.14. The normalized spacial score (nSPS) is 9.40. The molecule has 1 amide bonds. The summed E-state index contributed by atoms with van der Waals surface area (Å²) in [6.07, 6.45) is 1.14. The summed E-state index contributed by atoms with van der Waals surface area (Å²) < 4.78 is 4.63. The Labute approximate surface area is 56.6 Å². The van der Waals surface area contributed by atoms with E-state index in [2.05, 4.69) is 9.40 Å². The molecule has 1 aromatic heterocycles. The number of aryl methyl sites for hydroxylation is 1. The molecule has 0 saturated carbocycles. The van der Waals surface area contributed by atoms with E-state index in [0.29, 0.717) is 5.69 Å². The van der Waals surface area contributed by atoms with E-state index in [1.54, 1.807) is 6.92 Å². The minimum Gasteiger partial charge on any atom is -0.438 e. The predicted molar refractivity (Wildman–Crippen MR) is 30.5 cm³/mol. The van der Waals surface area contributed by atoms with Gasteiger partial charge in [-0.3, -0.25) is 10.0 Å². The fourth-order valence-electron chi connectivity index (χ4n) is 0.571. The first kappa shape index (κ1) is 6.76. The van der Waals surface area contributed by atoms with Gasteiger partial charge in [0.25, 0.3) is 0 Å². The lowest BCUT2D eigenvalue weighted by Crippen LogP contribution is -2.18. The molecule has 0 aliphatic heterocycles. The molecule has 0 fully saturated rings. The molecule has 54 valence electrons. The van der Waals surface area contributed by atoms with Gasteiger partial charge in [-0.25, -0.2) is 10.5 Å². The van der Waals surface area contributed by atoms with Crippen LogP contribution < -0.4 is 5.48 Å². The van der Waals surface area contributed by atoms with Gasteiger partial charge in [0, 0.05) is 0 Å². The van der Waals surface area contributed by atoms with E-state index in [0.717, 1.165) is 6.39 Å². The number of hydroxylamine groups is 1. The Kier molecular flexibility index (Phi) is 1.68. The molecule has 1 aromatic rings. The maximum Gasteiger partial charge on any atom is 0.312 e. The average molecular weight is 142 g/mol. The van der Waals surface area contributed by atoms with Crippen molar-refractivity contribution in [3.8, 4) is 0 Å². The highest BCUT2D eigenvalue weighted by molar-refractivity contribution is 5.91. The molecule has 1 rings (SSSR count). The highest BCUT2D eigenvalue weighted by Crippen LogP contribution is 2.02. The molecular weight excluding hydrogens is 136 g/mol. The van der Waals surface area contributed by atoms with Gasteiger partial charge in [0.2, 0.25) is 5.76 Å². The zero-order valence-corrected chi connectivity index (χ0v) is 5.29. The Bertz CT molecular complexity index is 243. The maximum atomic E-state index is 10.6. The molecule has 0 bridgehead atoms. The van der Waals surface area contributed by atoms with Gasteiger partial charge in [0.05, 0.1) is 5.69 Å². The number of oxazole rings is 1. The summed E-state index contributed by atoms with van der Waals surface area (Å²) in [6, 6.07) is 0. The molecule has 5 heteroatoms. The van der Waals surface area contributed by atoms with Gasteiger partial charge < -0.3 is 4.42 Å². The van der Waals surface area contributed by atoms with Crippen molar-refractivity contribution in [3.05, 3.63) is 17.8 Å². The zero-order chi connectivity index (χ0) is 7.56. The summed E-state index contributed by atoms with van der Waals surface area (Å²) in [4.78, 5) is 14.2. The number of carbonyl (C=O) groups excluding carboxylic acids is 1. The van der Waals surface area contributed by atoms with Crippen molar-refractivity contribution in [2.75, 3.05) is 0 Å². The van der Waals surface area contributed by atoms with E-state index >= 15 is 0 Å². The fraction of sp³-hybridized carbons (Fsp3) is 0.200. The minimum absolute atomic E-state index is 0.0301. The smallest absolute Gasteiger partial charge is 0.312 e. The quantitative estimate of drug-likeness (QED) is 0.430. The highest BCUT2D eigenvalue weighted by Gasteiger charge is 2.11. The molecule has 0 radical (unpaired) electrons. The molecule has 10 heavy (non-hydrogen) atoms. The molecule has 0 spiro atoms. The van der Waals surface area contributed by atoms with Crippen LogP contribution >= 0.6 is 0 Å². The number of hydrogen-bond donors (Lipinski definition) is 2. The first-order valence-corrected chi connectivity index (χ1v) is 2.60. The largest absolute Gasteiger partial charge is 0.438 e. The average Bonchev–Trinajstić information content (AvgIpc) is 2.34. The Hall–Kier alpha value is -1.36. The van der Waals surface area contributed by atoms with E-state index < -0.39 is 5.91 Å². The number of hydrogen-bond acceptors (Lipinski definition) is 4. The van der Waals surface area contributed by atoms with Crippen LogP contribution in [-0.4, -0.2) is 16.1 Å². The number of nitrogens with zero attached hydrogens (tertiary/aromatic N) is 1. The van der Waals surface area contributed by atoms with E-state index in [4.69, 9.17) is 5.21 Å². The Morgan fingerprint density at radius 1 is 1.90 bits per heavy atom. The van der Waals surface area contributed by atoms with Crippen LogP contribution in [0.5, 0.6) is 0 Å². The monoisotopic (exact) mass is 142 g/mol. The van der Waals surface area contributed by atoms with E-state index in [1.807, 2.05) is 0 Å². The Morgan fingerprint density at radius 2 is 2.60 bits per heavy atom. The topological polar surface area (TPSA) is 75.4 Å². The molecule has 1 heterocycles. The van der Waals surface area contributed by atoms with Crippen LogP contribution in [0.15, 0.2) is 10.8 Å². The van der Waals surface area contributed by atoms with Crippen molar-refractivity contribution in [2.45, 2.75) is 6.92 Å². The van der Waals surface area contributed by atoms with Crippen molar-refractivity contribution in [1.29, 1.82) is 0 Å². The Morgan fingerprint density at radius 3 is 3.00 bits per heavy atom. The van der Waals surface area contributed by atoms with Gasteiger partial charge in [-0.2, -0.15) is 0 Å². The van der Waals surface area contributed by atoms with Crippen LogP contribution in [0, 0.1) is 6.92 Å². The summed E-state index contributed by atoms with van der Waals surface area (Å²) in [7, 11) is 0. The lowest BCUT2D eigenvalue weighted by atomic mass is 10.4. The maximum absolute atomic E-state index is 10.6. The lowest BCUT2D eigenvalue weighted by molar-refractivity contribution is 0.0675. The first-order chi connectivity index (χ1) is 4.75. The molecule has 0 aliphatic rings. The second kappa shape index (κ2) is 2.49. The standard InChI is InChI=1S/C5H6N2O3/c1-3-4(5(8)7-9)10-2-6-3/h2,9H,1H3,(H,7,8). The molecule has 0 aromatic carbocycles. The summed E-state index contributed by atoms with van der Waals surface area (Å²) in [5.74, 6) is -0.655. The van der Waals surface area contributed by atoms with Gasteiger partial charge in [-0.1, -0.05) is 0 Å². The van der Waals surface area contributed by atoms with Crippen molar-refractivity contribution >= 4 is 5.91 Å². The molecular formula is C5H6N2O3. The van der Waals surface area contributed by atoms with Crippen LogP contribution in [0.2, 0.25) is 0 Å². The van der Waals surface area contributed by atoms with Crippen LogP contribution in [-0.2, 0) is 0 Å². The van der Waals surface area contributed by atoms with Gasteiger partial charge >= 0.3 is 5.91 Å². The number of nitrogens with one attached hydrogen (secondary N) is 1. The van der Waals surface area contributed by atoms with Gasteiger partial charge in [-0.05, 0) is 6.92 Å². The first-order valence-electron chi connectivity index (χ1n) is 2.60. The van der Waals surface area contributed by atoms with E-state index in [-0.39, 0.29) is 5.76 Å². The van der Waals surface area contributed by atoms with Crippen LogP contribution in [0.4, 0.5) is 0 Å². The van der Waals surface area contributed by atoms with Crippen molar-refractivity contribution < 1.29 is 14.4 Å². The molecule has 0 saturated heterocycles. The van der Waals surface area contributed by atoms with Gasteiger partial charge in [0.1, 0.15) is 0 Å². The second-order valence-corrected chi connectivity index (χ2v) is 1.71. The number of rotatable bonds is 1. The van der Waals surface area contributed by atoms with Crippen LogP contribution in [0.25, 0.3) is 0 Å². The second-order valence-electron chi connectivity index (χ2n) is 1.71. The third-order valence-corrected chi connectivity index (χ3v) is 1.05. The third-order valence-electron chi connectivity index (χ3n) is 1.05. The van der Waals surface area contributed by atoms with Crippen molar-refractivity contribution in [1.82, 2.24) is 10.5 Å². The fourth-order valence-corrected chi connectivity index (χ4v) is 0.571.